The lowest BCUT2D eigenvalue weighted by atomic mass is 9.80. The van der Waals surface area contributed by atoms with E-state index in [0.717, 1.165) is 18.5 Å². The number of benzene rings is 1. The summed E-state index contributed by atoms with van der Waals surface area (Å²) in [6.45, 7) is 7.00. The van der Waals surface area contributed by atoms with Crippen LogP contribution >= 0.6 is 0 Å². The molecule has 2 heteroatoms. The van der Waals surface area contributed by atoms with Gasteiger partial charge in [0.1, 0.15) is 0 Å². The molecule has 1 aliphatic carbocycles. The lowest BCUT2D eigenvalue weighted by Gasteiger charge is -2.48. The van der Waals surface area contributed by atoms with E-state index in [1.54, 1.807) is 0 Å². The number of nitrogens with zero attached hydrogens (tertiary/aromatic N) is 1. The molecule has 2 nitrogen and oxygen atoms in total. The molecule has 116 valence electrons. The van der Waals surface area contributed by atoms with Gasteiger partial charge in [-0.2, -0.15) is 0 Å². The smallest absolute Gasteiger partial charge is 0.0476 e. The molecule has 1 N–H and O–H groups in total. The molecular formula is C19H30N2. The largest absolute Gasteiger partial charge is 0.311 e. The van der Waals surface area contributed by atoms with Gasteiger partial charge in [0, 0.05) is 31.2 Å². The van der Waals surface area contributed by atoms with Gasteiger partial charge in [-0.1, -0.05) is 56.5 Å². The lowest BCUT2D eigenvalue weighted by molar-refractivity contribution is 0.0308. The van der Waals surface area contributed by atoms with Gasteiger partial charge in [0.25, 0.3) is 0 Å². The molecule has 0 amide bonds. The van der Waals surface area contributed by atoms with Crippen molar-refractivity contribution >= 4 is 0 Å². The molecule has 1 saturated carbocycles. The zero-order chi connectivity index (χ0) is 14.7. The number of rotatable bonds is 3. The number of piperazine rings is 1. The Labute approximate surface area is 129 Å². The fourth-order valence-electron chi connectivity index (χ4n) is 4.39. The van der Waals surface area contributed by atoms with E-state index in [0.29, 0.717) is 12.1 Å². The van der Waals surface area contributed by atoms with E-state index in [2.05, 4.69) is 54.4 Å². The van der Waals surface area contributed by atoms with Gasteiger partial charge in [0.05, 0.1) is 0 Å². The Balaban J connectivity index is 1.84. The van der Waals surface area contributed by atoms with Crippen molar-refractivity contribution in [3.63, 3.8) is 0 Å². The summed E-state index contributed by atoms with van der Waals surface area (Å²) in [5.74, 6) is 0.898. The number of hydrogen-bond acceptors (Lipinski definition) is 2. The average Bonchev–Trinajstić information content (AvgIpc) is 2.55. The minimum absolute atomic E-state index is 0.555. The molecule has 2 aliphatic rings. The molecule has 0 bridgehead atoms. The van der Waals surface area contributed by atoms with Crippen LogP contribution in [-0.2, 0) is 0 Å². The van der Waals surface area contributed by atoms with E-state index in [1.165, 1.54) is 44.2 Å². The highest BCUT2D eigenvalue weighted by atomic mass is 15.3. The summed E-state index contributed by atoms with van der Waals surface area (Å²) in [7, 11) is 0. The van der Waals surface area contributed by atoms with Gasteiger partial charge in [-0.05, 0) is 31.2 Å². The summed E-state index contributed by atoms with van der Waals surface area (Å²) >= 11 is 0. The van der Waals surface area contributed by atoms with Crippen LogP contribution in [0.25, 0.3) is 0 Å². The Morgan fingerprint density at radius 1 is 1.14 bits per heavy atom. The van der Waals surface area contributed by atoms with Crippen LogP contribution in [0.2, 0.25) is 0 Å². The number of nitrogens with one attached hydrogen (secondary N) is 1. The van der Waals surface area contributed by atoms with Gasteiger partial charge in [-0.25, -0.2) is 0 Å². The summed E-state index contributed by atoms with van der Waals surface area (Å²) in [6, 6.07) is 13.1. The van der Waals surface area contributed by atoms with Crippen molar-refractivity contribution < 1.29 is 0 Å². The van der Waals surface area contributed by atoms with Crippen LogP contribution < -0.4 is 5.32 Å². The van der Waals surface area contributed by atoms with Crippen LogP contribution in [0, 0.1) is 5.92 Å². The molecule has 1 aromatic carbocycles. The molecule has 1 saturated heterocycles. The Morgan fingerprint density at radius 2 is 1.90 bits per heavy atom. The maximum Gasteiger partial charge on any atom is 0.0476 e. The molecular weight excluding hydrogens is 256 g/mol. The quantitative estimate of drug-likeness (QED) is 0.904. The van der Waals surface area contributed by atoms with Crippen molar-refractivity contribution in [1.29, 1.82) is 0 Å². The molecule has 3 rings (SSSR count). The zero-order valence-corrected chi connectivity index (χ0v) is 13.6. The summed E-state index contributed by atoms with van der Waals surface area (Å²) in [6.07, 6.45) is 7.02. The first-order valence-electron chi connectivity index (χ1n) is 8.83. The highest BCUT2D eigenvalue weighted by molar-refractivity contribution is 5.20. The Hall–Kier alpha value is -0.860. The van der Waals surface area contributed by atoms with Gasteiger partial charge >= 0.3 is 0 Å². The maximum absolute atomic E-state index is 3.69. The van der Waals surface area contributed by atoms with Gasteiger partial charge in [-0.15, -0.1) is 0 Å². The van der Waals surface area contributed by atoms with Gasteiger partial charge in [-0.3, -0.25) is 4.90 Å². The second-order valence-corrected chi connectivity index (χ2v) is 6.95. The van der Waals surface area contributed by atoms with Crippen molar-refractivity contribution in [3.8, 4) is 0 Å². The molecule has 4 atom stereocenters. The normalized spacial score (nSPS) is 34.8. The van der Waals surface area contributed by atoms with Crippen molar-refractivity contribution in [2.45, 2.75) is 64.1 Å². The molecule has 4 unspecified atom stereocenters. The zero-order valence-electron chi connectivity index (χ0n) is 13.6. The number of hydrogen-bond donors (Lipinski definition) is 1. The van der Waals surface area contributed by atoms with Gasteiger partial charge < -0.3 is 5.32 Å². The Kier molecular flexibility index (Phi) is 4.97. The van der Waals surface area contributed by atoms with E-state index in [-0.39, 0.29) is 0 Å². The predicted molar refractivity (Wildman–Crippen MR) is 89.4 cm³/mol. The Bertz CT molecular complexity index is 430. The third kappa shape index (κ3) is 3.32. The third-order valence-corrected chi connectivity index (χ3v) is 5.55. The van der Waals surface area contributed by atoms with Crippen molar-refractivity contribution in [2.24, 2.45) is 5.92 Å². The molecule has 1 aromatic rings. The first-order chi connectivity index (χ1) is 10.3. The molecule has 21 heavy (non-hydrogen) atoms. The highest BCUT2D eigenvalue weighted by Gasteiger charge is 2.36. The lowest BCUT2D eigenvalue weighted by Crippen LogP contribution is -2.56. The van der Waals surface area contributed by atoms with E-state index in [4.69, 9.17) is 0 Å². The highest BCUT2D eigenvalue weighted by Crippen LogP contribution is 2.36. The molecule has 1 aliphatic heterocycles. The van der Waals surface area contributed by atoms with Crippen LogP contribution in [0.3, 0.4) is 0 Å². The van der Waals surface area contributed by atoms with Crippen LogP contribution in [0.4, 0.5) is 0 Å². The third-order valence-electron chi connectivity index (χ3n) is 5.55. The maximum atomic E-state index is 3.69. The fourth-order valence-corrected chi connectivity index (χ4v) is 4.39. The molecule has 2 fully saturated rings. The molecule has 0 spiro atoms. The predicted octanol–water partition coefficient (Wildman–Crippen LogP) is 3.99. The fraction of sp³-hybridized carbons (Fsp3) is 0.684. The van der Waals surface area contributed by atoms with Gasteiger partial charge in [0.2, 0.25) is 0 Å². The Morgan fingerprint density at radius 3 is 2.67 bits per heavy atom. The molecule has 1 heterocycles. The molecule has 0 aromatic heterocycles. The standard InChI is InChI=1S/C19H30N2/c1-3-16-9-7-8-12-18(16)21-14-15(2)20-13-19(21)17-10-5-4-6-11-17/h4-6,10-11,15-16,18-20H,3,7-9,12-14H2,1-2H3. The van der Waals surface area contributed by atoms with E-state index in [1.807, 2.05) is 0 Å². The first-order valence-corrected chi connectivity index (χ1v) is 8.83. The minimum atomic E-state index is 0.555. The van der Waals surface area contributed by atoms with E-state index >= 15 is 0 Å². The summed E-state index contributed by atoms with van der Waals surface area (Å²) < 4.78 is 0. The van der Waals surface area contributed by atoms with Gasteiger partial charge in [0.15, 0.2) is 0 Å². The van der Waals surface area contributed by atoms with Crippen LogP contribution in [-0.4, -0.2) is 30.1 Å². The van der Waals surface area contributed by atoms with Crippen molar-refractivity contribution in [1.82, 2.24) is 10.2 Å². The summed E-state index contributed by atoms with van der Waals surface area (Å²) in [4.78, 5) is 2.84. The van der Waals surface area contributed by atoms with Crippen LogP contribution in [0.1, 0.15) is 57.6 Å². The topological polar surface area (TPSA) is 15.3 Å². The summed E-state index contributed by atoms with van der Waals surface area (Å²) in [5, 5.41) is 3.69. The second-order valence-electron chi connectivity index (χ2n) is 6.95. The monoisotopic (exact) mass is 286 g/mol. The van der Waals surface area contributed by atoms with Crippen molar-refractivity contribution in [2.75, 3.05) is 13.1 Å². The van der Waals surface area contributed by atoms with E-state index in [9.17, 15) is 0 Å². The SMILES string of the molecule is CCC1CCCCC1N1CC(C)NCC1c1ccccc1. The van der Waals surface area contributed by atoms with E-state index < -0.39 is 0 Å². The summed E-state index contributed by atoms with van der Waals surface area (Å²) in [5.41, 5.74) is 1.48. The second kappa shape index (κ2) is 6.93. The van der Waals surface area contributed by atoms with Crippen LogP contribution in [0.5, 0.6) is 0 Å². The minimum Gasteiger partial charge on any atom is -0.311 e. The van der Waals surface area contributed by atoms with Crippen molar-refractivity contribution in [3.05, 3.63) is 35.9 Å². The molecule has 0 radical (unpaired) electrons. The first kappa shape index (κ1) is 15.1. The van der Waals surface area contributed by atoms with Crippen LogP contribution in [0.15, 0.2) is 30.3 Å². The average molecular weight is 286 g/mol.